The predicted molar refractivity (Wildman–Crippen MR) is 99.5 cm³/mol. The SMILES string of the molecule is O=c1cc(-c2ccc(-c3ccccc3)cc2)c2cc3c(cc2o1)OCO3. The smallest absolute Gasteiger partial charge is 0.336 e. The van der Waals surface area contributed by atoms with Gasteiger partial charge in [-0.05, 0) is 28.3 Å². The Kier molecular flexibility index (Phi) is 3.28. The molecule has 0 aliphatic carbocycles. The van der Waals surface area contributed by atoms with E-state index in [-0.39, 0.29) is 6.79 Å². The number of rotatable bonds is 2. The van der Waals surface area contributed by atoms with Crippen molar-refractivity contribution >= 4 is 11.0 Å². The van der Waals surface area contributed by atoms with Gasteiger partial charge in [0.15, 0.2) is 11.5 Å². The maximum absolute atomic E-state index is 12.0. The van der Waals surface area contributed by atoms with E-state index in [0.717, 1.165) is 27.6 Å². The Morgan fingerprint density at radius 1 is 0.692 bits per heavy atom. The molecule has 4 nitrogen and oxygen atoms in total. The summed E-state index contributed by atoms with van der Waals surface area (Å²) >= 11 is 0. The average molecular weight is 342 g/mol. The fourth-order valence-electron chi connectivity index (χ4n) is 3.26. The lowest BCUT2D eigenvalue weighted by Gasteiger charge is -2.08. The first kappa shape index (κ1) is 14.8. The fraction of sp³-hybridized carbons (Fsp3) is 0.0455. The first-order valence-electron chi connectivity index (χ1n) is 8.31. The molecule has 26 heavy (non-hydrogen) atoms. The van der Waals surface area contributed by atoms with E-state index in [4.69, 9.17) is 13.9 Å². The second kappa shape index (κ2) is 5.77. The van der Waals surface area contributed by atoms with Crippen molar-refractivity contribution in [3.63, 3.8) is 0 Å². The molecular weight excluding hydrogens is 328 g/mol. The van der Waals surface area contributed by atoms with Crippen LogP contribution >= 0.6 is 0 Å². The van der Waals surface area contributed by atoms with Crippen LogP contribution in [-0.4, -0.2) is 6.79 Å². The van der Waals surface area contributed by atoms with Gasteiger partial charge in [-0.3, -0.25) is 0 Å². The van der Waals surface area contributed by atoms with Crippen molar-refractivity contribution < 1.29 is 13.9 Å². The normalized spacial score (nSPS) is 12.5. The summed E-state index contributed by atoms with van der Waals surface area (Å²) in [5.41, 5.74) is 4.14. The van der Waals surface area contributed by atoms with Gasteiger partial charge in [0.05, 0.1) is 0 Å². The van der Waals surface area contributed by atoms with Crippen LogP contribution in [0.5, 0.6) is 11.5 Å². The summed E-state index contributed by atoms with van der Waals surface area (Å²) in [6.45, 7) is 0.178. The van der Waals surface area contributed by atoms with Crippen molar-refractivity contribution in [2.45, 2.75) is 0 Å². The number of fused-ring (bicyclic) bond motifs is 2. The van der Waals surface area contributed by atoms with E-state index in [2.05, 4.69) is 24.3 Å². The van der Waals surface area contributed by atoms with Gasteiger partial charge in [0.25, 0.3) is 0 Å². The Bertz CT molecular complexity index is 1160. The summed E-state index contributed by atoms with van der Waals surface area (Å²) in [6, 6.07) is 23.4. The van der Waals surface area contributed by atoms with E-state index < -0.39 is 5.63 Å². The number of hydrogen-bond acceptors (Lipinski definition) is 4. The minimum atomic E-state index is -0.390. The molecule has 0 amide bonds. The largest absolute Gasteiger partial charge is 0.454 e. The molecule has 5 rings (SSSR count). The van der Waals surface area contributed by atoms with E-state index >= 15 is 0 Å². The molecule has 0 fully saturated rings. The molecule has 0 unspecified atom stereocenters. The molecule has 1 aliphatic rings. The summed E-state index contributed by atoms with van der Waals surface area (Å²) in [7, 11) is 0. The fourth-order valence-corrected chi connectivity index (χ4v) is 3.26. The quantitative estimate of drug-likeness (QED) is 0.488. The highest BCUT2D eigenvalue weighted by atomic mass is 16.7. The van der Waals surface area contributed by atoms with Crippen molar-refractivity contribution in [1.29, 1.82) is 0 Å². The summed E-state index contributed by atoms with van der Waals surface area (Å²) in [6.07, 6.45) is 0. The molecule has 0 saturated carbocycles. The maximum atomic E-state index is 12.0. The van der Waals surface area contributed by atoms with Gasteiger partial charge in [0.2, 0.25) is 6.79 Å². The zero-order valence-electron chi connectivity index (χ0n) is 13.8. The minimum absolute atomic E-state index is 0.178. The van der Waals surface area contributed by atoms with Crippen LogP contribution in [0.25, 0.3) is 33.2 Å². The number of hydrogen-bond donors (Lipinski definition) is 0. The van der Waals surface area contributed by atoms with Crippen LogP contribution in [0.3, 0.4) is 0 Å². The molecule has 3 aromatic carbocycles. The molecule has 0 spiro atoms. The van der Waals surface area contributed by atoms with Crippen LogP contribution < -0.4 is 15.1 Å². The summed E-state index contributed by atoms with van der Waals surface area (Å²) in [4.78, 5) is 12.0. The Hall–Kier alpha value is -3.53. The van der Waals surface area contributed by atoms with E-state index in [9.17, 15) is 4.79 Å². The molecule has 0 radical (unpaired) electrons. The molecule has 126 valence electrons. The predicted octanol–water partition coefficient (Wildman–Crippen LogP) is 4.86. The topological polar surface area (TPSA) is 48.7 Å². The lowest BCUT2D eigenvalue weighted by atomic mass is 9.98. The van der Waals surface area contributed by atoms with E-state index in [0.29, 0.717) is 17.1 Å². The molecule has 1 aliphatic heterocycles. The van der Waals surface area contributed by atoms with Crippen LogP contribution in [0, 0.1) is 0 Å². The maximum Gasteiger partial charge on any atom is 0.336 e. The van der Waals surface area contributed by atoms with Crippen molar-refractivity contribution in [3.8, 4) is 33.8 Å². The Morgan fingerprint density at radius 3 is 2.12 bits per heavy atom. The Balaban J connectivity index is 1.66. The summed E-state index contributed by atoms with van der Waals surface area (Å²) < 4.78 is 16.2. The third kappa shape index (κ3) is 2.43. The van der Waals surface area contributed by atoms with E-state index in [1.807, 2.05) is 36.4 Å². The van der Waals surface area contributed by atoms with Crippen molar-refractivity contribution in [3.05, 3.63) is 83.2 Å². The standard InChI is InChI=1S/C22H14O4/c23-22-11-17(18-10-20-21(25-13-24-20)12-19(18)26-22)16-8-6-15(7-9-16)14-4-2-1-3-5-14/h1-12H,13H2. The molecule has 4 heteroatoms. The molecule has 4 aromatic rings. The first-order chi connectivity index (χ1) is 12.8. The molecule has 1 aromatic heterocycles. The monoisotopic (exact) mass is 342 g/mol. The first-order valence-corrected chi connectivity index (χ1v) is 8.31. The van der Waals surface area contributed by atoms with Gasteiger partial charge in [0.1, 0.15) is 5.58 Å². The van der Waals surface area contributed by atoms with Gasteiger partial charge in [-0.25, -0.2) is 4.79 Å². The minimum Gasteiger partial charge on any atom is -0.454 e. The van der Waals surface area contributed by atoms with Crippen LogP contribution in [0.1, 0.15) is 0 Å². The zero-order chi connectivity index (χ0) is 17.5. The summed E-state index contributed by atoms with van der Waals surface area (Å²) in [5.74, 6) is 1.26. The van der Waals surface area contributed by atoms with Gasteiger partial charge >= 0.3 is 5.63 Å². The van der Waals surface area contributed by atoms with E-state index in [1.54, 1.807) is 6.07 Å². The van der Waals surface area contributed by atoms with Crippen molar-refractivity contribution in [2.24, 2.45) is 0 Å². The van der Waals surface area contributed by atoms with E-state index in [1.165, 1.54) is 6.07 Å². The molecule has 0 atom stereocenters. The second-order valence-corrected chi connectivity index (χ2v) is 6.12. The second-order valence-electron chi connectivity index (χ2n) is 6.12. The molecule has 2 heterocycles. The third-order valence-corrected chi connectivity index (χ3v) is 4.54. The number of benzene rings is 3. The molecule has 0 saturated heterocycles. The zero-order valence-corrected chi connectivity index (χ0v) is 13.8. The number of ether oxygens (including phenoxy) is 2. The van der Waals surface area contributed by atoms with Crippen LogP contribution in [0.15, 0.2) is 82.0 Å². The van der Waals surface area contributed by atoms with Crippen LogP contribution in [0.2, 0.25) is 0 Å². The highest BCUT2D eigenvalue weighted by molar-refractivity contribution is 5.95. The van der Waals surface area contributed by atoms with Gasteiger partial charge in [0, 0.05) is 17.5 Å². The van der Waals surface area contributed by atoms with Gasteiger partial charge in [-0.15, -0.1) is 0 Å². The third-order valence-electron chi connectivity index (χ3n) is 4.54. The highest BCUT2D eigenvalue weighted by Crippen LogP contribution is 2.39. The Morgan fingerprint density at radius 2 is 1.35 bits per heavy atom. The molecule has 0 N–H and O–H groups in total. The summed E-state index contributed by atoms with van der Waals surface area (Å²) in [5, 5.41) is 0.821. The van der Waals surface area contributed by atoms with Crippen LogP contribution in [-0.2, 0) is 0 Å². The van der Waals surface area contributed by atoms with Gasteiger partial charge < -0.3 is 13.9 Å². The lowest BCUT2D eigenvalue weighted by Crippen LogP contribution is -1.98. The van der Waals surface area contributed by atoms with Crippen LogP contribution in [0.4, 0.5) is 0 Å². The Labute approximate surface area is 149 Å². The lowest BCUT2D eigenvalue weighted by molar-refractivity contribution is 0.174. The molecular formula is C22H14O4. The van der Waals surface area contributed by atoms with Gasteiger partial charge in [-0.2, -0.15) is 0 Å². The highest BCUT2D eigenvalue weighted by Gasteiger charge is 2.18. The van der Waals surface area contributed by atoms with Gasteiger partial charge in [-0.1, -0.05) is 54.6 Å². The van der Waals surface area contributed by atoms with Crippen molar-refractivity contribution in [1.82, 2.24) is 0 Å². The molecule has 0 bridgehead atoms. The average Bonchev–Trinajstić information content (AvgIpc) is 3.14. The van der Waals surface area contributed by atoms with Crippen molar-refractivity contribution in [2.75, 3.05) is 6.79 Å².